The van der Waals surface area contributed by atoms with Crippen molar-refractivity contribution in [2.45, 2.75) is 31.2 Å². The first-order valence-electron chi connectivity index (χ1n) is 7.26. The lowest BCUT2D eigenvalue weighted by atomic mass is 10.2. The SMILES string of the molecule is COc1ccc(C(=O)N(C)CCC(=O)O)cc1S(=O)(=O)NC(C)C. The number of carboxylic acid groups (broad SMARTS) is 1. The van der Waals surface area contributed by atoms with Gasteiger partial charge in [0.1, 0.15) is 10.6 Å². The summed E-state index contributed by atoms with van der Waals surface area (Å²) >= 11 is 0. The van der Waals surface area contributed by atoms with Crippen LogP contribution >= 0.6 is 0 Å². The number of ether oxygens (including phenoxy) is 1. The third-order valence-corrected chi connectivity index (χ3v) is 4.78. The van der Waals surface area contributed by atoms with E-state index in [9.17, 15) is 18.0 Å². The van der Waals surface area contributed by atoms with Gasteiger partial charge in [0, 0.05) is 25.2 Å². The number of hydrogen-bond donors (Lipinski definition) is 2. The minimum atomic E-state index is -3.85. The van der Waals surface area contributed by atoms with Crippen LogP contribution in [-0.2, 0) is 14.8 Å². The molecule has 0 aliphatic rings. The molecule has 0 heterocycles. The largest absolute Gasteiger partial charge is 0.495 e. The molecule has 9 heteroatoms. The fourth-order valence-electron chi connectivity index (χ4n) is 1.98. The molecule has 0 saturated carbocycles. The van der Waals surface area contributed by atoms with E-state index in [0.29, 0.717) is 0 Å². The minimum Gasteiger partial charge on any atom is -0.495 e. The lowest BCUT2D eigenvalue weighted by Crippen LogP contribution is -2.31. The van der Waals surface area contributed by atoms with Gasteiger partial charge in [-0.2, -0.15) is 0 Å². The van der Waals surface area contributed by atoms with Gasteiger partial charge in [-0.1, -0.05) is 0 Å². The van der Waals surface area contributed by atoms with Gasteiger partial charge in [0.15, 0.2) is 0 Å². The normalized spacial score (nSPS) is 11.4. The Morgan fingerprint density at radius 1 is 1.33 bits per heavy atom. The topological polar surface area (TPSA) is 113 Å². The highest BCUT2D eigenvalue weighted by Gasteiger charge is 2.23. The summed E-state index contributed by atoms with van der Waals surface area (Å²) in [6.45, 7) is 3.38. The average Bonchev–Trinajstić information content (AvgIpc) is 2.49. The van der Waals surface area contributed by atoms with Gasteiger partial charge in [0.05, 0.1) is 13.5 Å². The van der Waals surface area contributed by atoms with Crippen molar-refractivity contribution in [1.82, 2.24) is 9.62 Å². The van der Waals surface area contributed by atoms with E-state index in [2.05, 4.69) is 4.72 Å². The van der Waals surface area contributed by atoms with Crippen LogP contribution in [0.2, 0.25) is 0 Å². The second kappa shape index (κ2) is 8.11. The monoisotopic (exact) mass is 358 g/mol. The molecule has 0 spiro atoms. The van der Waals surface area contributed by atoms with E-state index in [-0.39, 0.29) is 35.2 Å². The number of sulfonamides is 1. The maximum Gasteiger partial charge on any atom is 0.305 e. The molecular formula is C15H22N2O6S. The molecule has 2 N–H and O–H groups in total. The number of hydrogen-bond acceptors (Lipinski definition) is 5. The highest BCUT2D eigenvalue weighted by Crippen LogP contribution is 2.25. The second-order valence-electron chi connectivity index (χ2n) is 5.51. The van der Waals surface area contributed by atoms with Crippen LogP contribution in [0.5, 0.6) is 5.75 Å². The van der Waals surface area contributed by atoms with Crippen molar-refractivity contribution in [3.05, 3.63) is 23.8 Å². The summed E-state index contributed by atoms with van der Waals surface area (Å²) < 4.78 is 32.3. The fraction of sp³-hybridized carbons (Fsp3) is 0.467. The van der Waals surface area contributed by atoms with E-state index in [1.165, 1.54) is 37.3 Å². The molecule has 134 valence electrons. The van der Waals surface area contributed by atoms with Crippen molar-refractivity contribution in [2.75, 3.05) is 20.7 Å². The Kier molecular flexibility index (Phi) is 6.73. The van der Waals surface area contributed by atoms with E-state index >= 15 is 0 Å². The molecule has 1 amide bonds. The number of carbonyl (C=O) groups is 2. The van der Waals surface area contributed by atoms with Gasteiger partial charge in [0.2, 0.25) is 10.0 Å². The summed E-state index contributed by atoms with van der Waals surface area (Å²) in [5.74, 6) is -1.37. The van der Waals surface area contributed by atoms with Crippen LogP contribution in [0.1, 0.15) is 30.6 Å². The number of amides is 1. The number of nitrogens with zero attached hydrogens (tertiary/aromatic N) is 1. The molecule has 0 saturated heterocycles. The maximum atomic E-state index is 12.4. The third kappa shape index (κ3) is 5.20. The molecule has 0 bridgehead atoms. The molecule has 0 aliphatic carbocycles. The number of rotatable bonds is 8. The smallest absolute Gasteiger partial charge is 0.305 e. The van der Waals surface area contributed by atoms with Crippen LogP contribution in [0.4, 0.5) is 0 Å². The first kappa shape index (κ1) is 19.9. The second-order valence-corrected chi connectivity index (χ2v) is 7.19. The Balaban J connectivity index is 3.18. The zero-order valence-corrected chi connectivity index (χ0v) is 14.9. The van der Waals surface area contributed by atoms with E-state index in [1.54, 1.807) is 13.8 Å². The van der Waals surface area contributed by atoms with Crippen LogP contribution in [0.15, 0.2) is 23.1 Å². The summed E-state index contributed by atoms with van der Waals surface area (Å²) in [6.07, 6.45) is -0.196. The fourth-order valence-corrected chi connectivity index (χ4v) is 3.42. The zero-order valence-electron chi connectivity index (χ0n) is 14.1. The molecule has 0 aliphatic heterocycles. The van der Waals surface area contributed by atoms with Crippen molar-refractivity contribution >= 4 is 21.9 Å². The van der Waals surface area contributed by atoms with Gasteiger partial charge in [-0.3, -0.25) is 9.59 Å². The van der Waals surface area contributed by atoms with Crippen LogP contribution in [0.3, 0.4) is 0 Å². The molecular weight excluding hydrogens is 336 g/mol. The molecule has 0 unspecified atom stereocenters. The van der Waals surface area contributed by atoms with E-state index in [0.717, 1.165) is 0 Å². The standard InChI is InChI=1S/C15H22N2O6S/c1-10(2)16-24(21,22)13-9-11(5-6-12(13)23-4)15(20)17(3)8-7-14(18)19/h5-6,9-10,16H,7-8H2,1-4H3,(H,18,19). The molecule has 0 atom stereocenters. The van der Waals surface area contributed by atoms with Gasteiger partial charge in [-0.05, 0) is 32.0 Å². The van der Waals surface area contributed by atoms with E-state index in [1.807, 2.05) is 0 Å². The highest BCUT2D eigenvalue weighted by atomic mass is 32.2. The number of carbonyl (C=O) groups excluding carboxylic acids is 1. The van der Waals surface area contributed by atoms with E-state index in [4.69, 9.17) is 9.84 Å². The Bertz CT molecular complexity index is 715. The molecule has 8 nitrogen and oxygen atoms in total. The van der Waals surface area contributed by atoms with Crippen molar-refractivity contribution in [3.63, 3.8) is 0 Å². The summed E-state index contributed by atoms with van der Waals surface area (Å²) in [5.41, 5.74) is 0.132. The molecule has 1 aromatic rings. The number of methoxy groups -OCH3 is 1. The lowest BCUT2D eigenvalue weighted by molar-refractivity contribution is -0.137. The molecule has 0 fully saturated rings. The molecule has 24 heavy (non-hydrogen) atoms. The van der Waals surface area contributed by atoms with Crippen molar-refractivity contribution in [3.8, 4) is 5.75 Å². The Labute approximate surface area is 141 Å². The highest BCUT2D eigenvalue weighted by molar-refractivity contribution is 7.89. The summed E-state index contributed by atoms with van der Waals surface area (Å²) in [4.78, 5) is 24.0. The van der Waals surface area contributed by atoms with E-state index < -0.39 is 21.9 Å². The number of benzene rings is 1. The van der Waals surface area contributed by atoms with Crippen molar-refractivity contribution in [1.29, 1.82) is 0 Å². The van der Waals surface area contributed by atoms with Gasteiger partial charge in [-0.15, -0.1) is 0 Å². The maximum absolute atomic E-state index is 12.4. The zero-order chi connectivity index (χ0) is 18.5. The van der Waals surface area contributed by atoms with Crippen LogP contribution in [0.25, 0.3) is 0 Å². The van der Waals surface area contributed by atoms with Gasteiger partial charge in [0.25, 0.3) is 5.91 Å². The summed E-state index contributed by atoms with van der Waals surface area (Å²) in [6, 6.07) is 3.74. The third-order valence-electron chi connectivity index (χ3n) is 3.10. The van der Waals surface area contributed by atoms with Gasteiger partial charge in [-0.25, -0.2) is 13.1 Å². The number of nitrogens with one attached hydrogen (secondary N) is 1. The van der Waals surface area contributed by atoms with Gasteiger partial charge < -0.3 is 14.7 Å². The van der Waals surface area contributed by atoms with Crippen molar-refractivity contribution in [2.24, 2.45) is 0 Å². The van der Waals surface area contributed by atoms with Gasteiger partial charge >= 0.3 is 5.97 Å². The first-order chi connectivity index (χ1) is 11.1. The summed E-state index contributed by atoms with van der Waals surface area (Å²) in [7, 11) is -1.06. The Morgan fingerprint density at radius 2 is 1.96 bits per heavy atom. The number of aliphatic carboxylic acids is 1. The lowest BCUT2D eigenvalue weighted by Gasteiger charge is -2.18. The molecule has 0 radical (unpaired) electrons. The molecule has 1 aromatic carbocycles. The Morgan fingerprint density at radius 3 is 2.46 bits per heavy atom. The van der Waals surface area contributed by atoms with Crippen LogP contribution in [-0.4, -0.2) is 57.0 Å². The Hall–Kier alpha value is -2.13. The van der Waals surface area contributed by atoms with Crippen LogP contribution in [0, 0.1) is 0 Å². The predicted octanol–water partition coefficient (Wildman–Crippen LogP) is 0.929. The quantitative estimate of drug-likeness (QED) is 0.715. The predicted molar refractivity (Wildman–Crippen MR) is 87.7 cm³/mol. The molecule has 0 aromatic heterocycles. The molecule has 1 rings (SSSR count). The first-order valence-corrected chi connectivity index (χ1v) is 8.74. The minimum absolute atomic E-state index is 0.0204. The van der Waals surface area contributed by atoms with Crippen molar-refractivity contribution < 1.29 is 27.9 Å². The average molecular weight is 358 g/mol. The number of carboxylic acids is 1. The van der Waals surface area contributed by atoms with Crippen LogP contribution < -0.4 is 9.46 Å². The summed E-state index contributed by atoms with van der Waals surface area (Å²) in [5, 5.41) is 8.68.